The van der Waals surface area contributed by atoms with E-state index in [1.165, 1.54) is 11.3 Å². The summed E-state index contributed by atoms with van der Waals surface area (Å²) in [6, 6.07) is 7.68. The molecule has 0 fully saturated rings. The maximum absolute atomic E-state index is 5.17. The first-order chi connectivity index (χ1) is 11.2. The molecule has 2 aromatic heterocycles. The molecular weight excluding hydrogens is 332 g/mol. The number of hydrogen-bond donors (Lipinski definition) is 1. The summed E-state index contributed by atoms with van der Waals surface area (Å²) in [5, 5.41) is 16.3. The van der Waals surface area contributed by atoms with Crippen molar-refractivity contribution in [3.63, 3.8) is 0 Å². The van der Waals surface area contributed by atoms with E-state index in [0.717, 1.165) is 43.7 Å². The smallest absolute Gasteiger partial charge is 0.210 e. The highest BCUT2D eigenvalue weighted by Crippen LogP contribution is 2.31. The Morgan fingerprint density at radius 1 is 1.22 bits per heavy atom. The molecule has 3 aromatic rings. The lowest BCUT2D eigenvalue weighted by Gasteiger charge is -2.03. The van der Waals surface area contributed by atoms with Gasteiger partial charge >= 0.3 is 0 Å². The lowest BCUT2D eigenvalue weighted by molar-refractivity contribution is 0.392. The summed E-state index contributed by atoms with van der Waals surface area (Å²) in [5.74, 6) is 2.46. The van der Waals surface area contributed by atoms with Gasteiger partial charge in [0.25, 0.3) is 0 Å². The molecule has 0 radical (unpaired) electrons. The van der Waals surface area contributed by atoms with Gasteiger partial charge in [0.05, 0.1) is 12.8 Å². The standard InChI is InChI=1S/C15H16N4O2S2/c1-9-13(10(2)21-19-9)8-22-15-18-17-14(23-15)16-11-4-6-12(20-3)7-5-11/h4-7H,8H2,1-3H3,(H,16,17). The van der Waals surface area contributed by atoms with Gasteiger partial charge in [-0.05, 0) is 38.1 Å². The summed E-state index contributed by atoms with van der Waals surface area (Å²) >= 11 is 3.15. The van der Waals surface area contributed by atoms with Gasteiger partial charge in [-0.25, -0.2) is 0 Å². The number of nitrogens with one attached hydrogen (secondary N) is 1. The van der Waals surface area contributed by atoms with Crippen molar-refractivity contribution >= 4 is 33.9 Å². The first kappa shape index (κ1) is 15.8. The van der Waals surface area contributed by atoms with Crippen LogP contribution in [-0.4, -0.2) is 22.5 Å². The molecule has 0 amide bonds. The molecule has 2 heterocycles. The first-order valence-corrected chi connectivity index (χ1v) is 8.75. The number of ether oxygens (including phenoxy) is 1. The second kappa shape index (κ2) is 7.01. The van der Waals surface area contributed by atoms with E-state index in [0.29, 0.717) is 0 Å². The predicted molar refractivity (Wildman–Crippen MR) is 91.7 cm³/mol. The normalized spacial score (nSPS) is 10.7. The fraction of sp³-hybridized carbons (Fsp3) is 0.267. The van der Waals surface area contributed by atoms with Crippen LogP contribution >= 0.6 is 23.1 Å². The van der Waals surface area contributed by atoms with Crippen LogP contribution in [0.2, 0.25) is 0 Å². The van der Waals surface area contributed by atoms with E-state index in [-0.39, 0.29) is 0 Å². The second-order valence-electron chi connectivity index (χ2n) is 4.82. The Kier molecular flexibility index (Phi) is 4.82. The first-order valence-electron chi connectivity index (χ1n) is 6.95. The van der Waals surface area contributed by atoms with E-state index >= 15 is 0 Å². The average molecular weight is 348 g/mol. The van der Waals surface area contributed by atoms with Crippen LogP contribution in [0.3, 0.4) is 0 Å². The maximum Gasteiger partial charge on any atom is 0.210 e. The number of nitrogens with zero attached hydrogens (tertiary/aromatic N) is 3. The topological polar surface area (TPSA) is 73.1 Å². The lowest BCUT2D eigenvalue weighted by Crippen LogP contribution is -1.89. The van der Waals surface area contributed by atoms with Crippen LogP contribution in [0.5, 0.6) is 5.75 Å². The number of rotatable bonds is 6. The summed E-state index contributed by atoms with van der Waals surface area (Å²) in [6.07, 6.45) is 0. The molecular formula is C15H16N4O2S2. The lowest BCUT2D eigenvalue weighted by atomic mass is 10.2. The Hall–Kier alpha value is -2.06. The Labute approximate surface area is 142 Å². The highest BCUT2D eigenvalue weighted by atomic mass is 32.2. The van der Waals surface area contributed by atoms with Gasteiger partial charge in [-0.2, -0.15) is 0 Å². The van der Waals surface area contributed by atoms with E-state index in [9.17, 15) is 0 Å². The molecule has 3 rings (SSSR count). The van der Waals surface area contributed by atoms with Gasteiger partial charge < -0.3 is 14.6 Å². The molecule has 6 nitrogen and oxygen atoms in total. The van der Waals surface area contributed by atoms with E-state index in [1.54, 1.807) is 18.9 Å². The minimum absolute atomic E-state index is 0.761. The van der Waals surface area contributed by atoms with E-state index in [1.807, 2.05) is 38.1 Å². The van der Waals surface area contributed by atoms with E-state index in [4.69, 9.17) is 9.26 Å². The summed E-state index contributed by atoms with van der Waals surface area (Å²) in [7, 11) is 1.65. The van der Waals surface area contributed by atoms with Crippen LogP contribution in [-0.2, 0) is 5.75 Å². The number of aromatic nitrogens is 3. The molecule has 120 valence electrons. The van der Waals surface area contributed by atoms with Crippen molar-refractivity contribution in [2.24, 2.45) is 0 Å². The highest BCUT2D eigenvalue weighted by molar-refractivity contribution is 8.00. The van der Waals surface area contributed by atoms with Gasteiger partial charge in [-0.1, -0.05) is 28.3 Å². The number of thioether (sulfide) groups is 1. The molecule has 8 heteroatoms. The maximum atomic E-state index is 5.17. The number of methoxy groups -OCH3 is 1. The number of benzene rings is 1. The molecule has 23 heavy (non-hydrogen) atoms. The van der Waals surface area contributed by atoms with Crippen molar-refractivity contribution in [1.82, 2.24) is 15.4 Å². The Morgan fingerprint density at radius 3 is 2.65 bits per heavy atom. The number of aryl methyl sites for hydroxylation is 2. The second-order valence-corrected chi connectivity index (χ2v) is 7.02. The van der Waals surface area contributed by atoms with Crippen molar-refractivity contribution < 1.29 is 9.26 Å². The third-order valence-electron chi connectivity index (χ3n) is 3.27. The van der Waals surface area contributed by atoms with Gasteiger partial charge in [0.2, 0.25) is 5.13 Å². The quantitative estimate of drug-likeness (QED) is 0.670. The largest absolute Gasteiger partial charge is 0.497 e. The zero-order valence-corrected chi connectivity index (χ0v) is 14.6. The molecule has 1 N–H and O–H groups in total. The molecule has 0 atom stereocenters. The minimum Gasteiger partial charge on any atom is -0.497 e. The molecule has 0 spiro atoms. The van der Waals surface area contributed by atoms with Crippen molar-refractivity contribution in [3.05, 3.63) is 41.3 Å². The molecule has 0 aliphatic heterocycles. The fourth-order valence-electron chi connectivity index (χ4n) is 1.96. The van der Waals surface area contributed by atoms with Crippen molar-refractivity contribution in [2.45, 2.75) is 23.9 Å². The summed E-state index contributed by atoms with van der Waals surface area (Å²) in [5.41, 5.74) is 3.00. The van der Waals surface area contributed by atoms with E-state index in [2.05, 4.69) is 20.7 Å². The summed E-state index contributed by atoms with van der Waals surface area (Å²) in [6.45, 7) is 3.87. The van der Waals surface area contributed by atoms with Crippen molar-refractivity contribution in [2.75, 3.05) is 12.4 Å². The highest BCUT2D eigenvalue weighted by Gasteiger charge is 2.11. The Bertz CT molecular complexity index is 764. The van der Waals surface area contributed by atoms with Crippen LogP contribution in [0.15, 0.2) is 33.1 Å². The van der Waals surface area contributed by atoms with E-state index < -0.39 is 0 Å². The fourth-order valence-corrected chi connectivity index (χ4v) is 3.88. The minimum atomic E-state index is 0.761. The monoisotopic (exact) mass is 348 g/mol. The van der Waals surface area contributed by atoms with Crippen LogP contribution in [0.25, 0.3) is 0 Å². The summed E-state index contributed by atoms with van der Waals surface area (Å²) in [4.78, 5) is 0. The number of anilines is 2. The van der Waals surface area contributed by atoms with Crippen LogP contribution < -0.4 is 10.1 Å². The SMILES string of the molecule is COc1ccc(Nc2nnc(SCc3c(C)noc3C)s2)cc1. The zero-order chi connectivity index (χ0) is 16.2. The molecule has 0 unspecified atom stereocenters. The molecule has 0 saturated carbocycles. The molecule has 0 aliphatic carbocycles. The summed E-state index contributed by atoms with van der Waals surface area (Å²) < 4.78 is 11.2. The van der Waals surface area contributed by atoms with Crippen LogP contribution in [0.4, 0.5) is 10.8 Å². The molecule has 0 bridgehead atoms. The van der Waals surface area contributed by atoms with Crippen LogP contribution in [0, 0.1) is 13.8 Å². The molecule has 0 saturated heterocycles. The molecule has 0 aliphatic rings. The van der Waals surface area contributed by atoms with Gasteiger partial charge in [-0.3, -0.25) is 0 Å². The van der Waals surface area contributed by atoms with Gasteiger partial charge in [0, 0.05) is 17.0 Å². The van der Waals surface area contributed by atoms with Gasteiger partial charge in [0.1, 0.15) is 11.5 Å². The van der Waals surface area contributed by atoms with Gasteiger partial charge in [-0.15, -0.1) is 10.2 Å². The predicted octanol–water partition coefficient (Wildman–Crippen LogP) is 4.19. The number of hydrogen-bond acceptors (Lipinski definition) is 8. The van der Waals surface area contributed by atoms with Crippen LogP contribution in [0.1, 0.15) is 17.0 Å². The Morgan fingerprint density at radius 2 is 2.00 bits per heavy atom. The Balaban J connectivity index is 1.61. The third kappa shape index (κ3) is 3.83. The van der Waals surface area contributed by atoms with Gasteiger partial charge in [0.15, 0.2) is 4.34 Å². The third-order valence-corrected chi connectivity index (χ3v) is 5.27. The average Bonchev–Trinajstić information content (AvgIpc) is 3.13. The van der Waals surface area contributed by atoms with Crippen molar-refractivity contribution in [3.8, 4) is 5.75 Å². The zero-order valence-electron chi connectivity index (χ0n) is 13.0. The molecule has 1 aromatic carbocycles. The van der Waals surface area contributed by atoms with Crippen molar-refractivity contribution in [1.29, 1.82) is 0 Å².